The Morgan fingerprint density at radius 1 is 1.08 bits per heavy atom. The lowest BCUT2D eigenvalue weighted by Crippen LogP contribution is -2.24. The third-order valence-electron chi connectivity index (χ3n) is 6.76. The van der Waals surface area contributed by atoms with E-state index in [9.17, 15) is 4.57 Å². The number of benzene rings is 2. The summed E-state index contributed by atoms with van der Waals surface area (Å²) in [6, 6.07) is 8.36. The second-order valence-corrected chi connectivity index (χ2v) is 14.0. The van der Waals surface area contributed by atoms with Crippen molar-refractivity contribution in [2.45, 2.75) is 25.3 Å². The highest BCUT2D eigenvalue weighted by Gasteiger charge is 2.25. The second kappa shape index (κ2) is 10.6. The highest BCUT2D eigenvalue weighted by molar-refractivity contribution is 9.10. The minimum atomic E-state index is -2.71. The molecule has 198 valence electrons. The van der Waals surface area contributed by atoms with Crippen LogP contribution in [0.1, 0.15) is 30.0 Å². The first-order valence-corrected chi connectivity index (χ1v) is 15.8. The number of rotatable bonds is 7. The molecule has 0 saturated carbocycles. The van der Waals surface area contributed by atoms with Crippen molar-refractivity contribution < 1.29 is 9.30 Å². The largest absolute Gasteiger partial charge is 0.495 e. The Kier molecular flexibility index (Phi) is 7.40. The van der Waals surface area contributed by atoms with E-state index in [-0.39, 0.29) is 0 Å². The molecule has 2 heterocycles. The van der Waals surface area contributed by atoms with Crippen molar-refractivity contribution in [3.63, 3.8) is 0 Å². The Labute approximate surface area is 231 Å². The van der Waals surface area contributed by atoms with Gasteiger partial charge in [-0.1, -0.05) is 0 Å². The first-order valence-electron chi connectivity index (χ1n) is 12.4. The summed E-state index contributed by atoms with van der Waals surface area (Å²) in [4.78, 5) is 20.3. The number of nitrogens with zero attached hydrogens (tertiary/aromatic N) is 5. The van der Waals surface area contributed by atoms with Crippen LogP contribution in [0.25, 0.3) is 11.0 Å². The van der Waals surface area contributed by atoms with E-state index in [0.29, 0.717) is 44.3 Å². The maximum atomic E-state index is 13.3. The summed E-state index contributed by atoms with van der Waals surface area (Å²) in [6.07, 6.45) is 8.22. The number of aryl methyl sites for hydroxylation is 1. The first kappa shape index (κ1) is 26.5. The quantitative estimate of drug-likeness (QED) is 0.254. The topological polar surface area (TPSA) is 105 Å². The highest BCUT2D eigenvalue weighted by Crippen LogP contribution is 2.42. The van der Waals surface area contributed by atoms with Crippen LogP contribution in [0.15, 0.2) is 47.3 Å². The average molecular weight is 596 g/mol. The van der Waals surface area contributed by atoms with Crippen molar-refractivity contribution >= 4 is 62.6 Å². The van der Waals surface area contributed by atoms with Crippen LogP contribution in [0, 0.1) is 0 Å². The van der Waals surface area contributed by atoms with E-state index in [1.165, 1.54) is 11.1 Å². The fraction of sp³-hybridized carbons (Fsp3) is 0.333. The fourth-order valence-corrected chi connectivity index (χ4v) is 6.73. The molecule has 4 aromatic rings. The van der Waals surface area contributed by atoms with Gasteiger partial charge in [0.25, 0.3) is 0 Å². The molecule has 0 aliphatic heterocycles. The molecule has 1 atom stereocenters. The lowest BCUT2D eigenvalue weighted by atomic mass is 9.86. The smallest absolute Gasteiger partial charge is 0.229 e. The molecule has 0 bridgehead atoms. The summed E-state index contributed by atoms with van der Waals surface area (Å²) in [7, 11) is 3.19. The lowest BCUT2D eigenvalue weighted by Gasteiger charge is -2.31. The van der Waals surface area contributed by atoms with Crippen molar-refractivity contribution in [3.05, 3.63) is 58.5 Å². The Morgan fingerprint density at radius 2 is 1.87 bits per heavy atom. The number of hydrogen-bond donors (Lipinski definition) is 2. The molecule has 2 aromatic heterocycles. The van der Waals surface area contributed by atoms with E-state index in [2.05, 4.69) is 72.6 Å². The third-order valence-corrected chi connectivity index (χ3v) is 8.87. The van der Waals surface area contributed by atoms with Gasteiger partial charge in [-0.15, -0.1) is 0 Å². The monoisotopic (exact) mass is 595 g/mol. The van der Waals surface area contributed by atoms with Gasteiger partial charge in [-0.05, 0) is 98.0 Å². The number of halogens is 1. The summed E-state index contributed by atoms with van der Waals surface area (Å²) < 4.78 is 19.7. The molecule has 1 aliphatic rings. The fourth-order valence-electron chi connectivity index (χ4n) is 5.04. The summed E-state index contributed by atoms with van der Waals surface area (Å²) in [6.45, 7) is 3.46. The summed E-state index contributed by atoms with van der Waals surface area (Å²) in [5.74, 6) is 1.68. The van der Waals surface area contributed by atoms with Crippen molar-refractivity contribution in [1.82, 2.24) is 24.8 Å². The molecular weight excluding hydrogens is 565 g/mol. The molecular formula is C27H31BrN7O2P. The molecule has 5 rings (SSSR count). The van der Waals surface area contributed by atoms with Gasteiger partial charge in [0.15, 0.2) is 0 Å². The summed E-state index contributed by atoms with van der Waals surface area (Å²) >= 11 is 3.55. The molecule has 1 aliphatic carbocycles. The van der Waals surface area contributed by atoms with Gasteiger partial charge in [0, 0.05) is 24.6 Å². The number of ether oxygens (including phenoxy) is 1. The average Bonchev–Trinajstić information content (AvgIpc) is 2.88. The van der Waals surface area contributed by atoms with Crippen molar-refractivity contribution in [3.8, 4) is 5.75 Å². The molecule has 38 heavy (non-hydrogen) atoms. The molecule has 0 spiro atoms. The van der Waals surface area contributed by atoms with Gasteiger partial charge in [0.05, 0.1) is 33.8 Å². The van der Waals surface area contributed by atoms with Gasteiger partial charge >= 0.3 is 0 Å². The number of nitrogens with one attached hydrogen (secondary N) is 2. The zero-order valence-corrected chi connectivity index (χ0v) is 24.6. The Bertz CT molecular complexity index is 1560. The Hall–Kier alpha value is -3.07. The molecule has 0 amide bonds. The SMILES string of the molecule is COc1cc2c(cc1Nc1ncc(Br)c(Nc3ccc4nccnc4c3P(C)(C)=O)n1)CCC[C@H]2N(C)C. The minimum absolute atomic E-state index is 0.371. The molecule has 0 fully saturated rings. The van der Waals surface area contributed by atoms with E-state index in [1.54, 1.807) is 39.0 Å². The molecule has 0 radical (unpaired) electrons. The van der Waals surface area contributed by atoms with Crippen molar-refractivity contribution in [2.75, 3.05) is 45.2 Å². The van der Waals surface area contributed by atoms with Crippen LogP contribution in [0.4, 0.5) is 23.1 Å². The lowest BCUT2D eigenvalue weighted by molar-refractivity contribution is 0.267. The number of aromatic nitrogens is 4. The predicted molar refractivity (Wildman–Crippen MR) is 157 cm³/mol. The molecule has 0 unspecified atom stereocenters. The van der Waals surface area contributed by atoms with Crippen molar-refractivity contribution in [1.29, 1.82) is 0 Å². The van der Waals surface area contributed by atoms with Crippen LogP contribution in [-0.4, -0.2) is 59.4 Å². The number of methoxy groups -OCH3 is 1. The van der Waals surface area contributed by atoms with Crippen LogP contribution in [-0.2, 0) is 11.0 Å². The normalized spacial score (nSPS) is 15.4. The van der Waals surface area contributed by atoms with E-state index >= 15 is 0 Å². The van der Waals surface area contributed by atoms with Gasteiger partial charge in [-0.3, -0.25) is 9.97 Å². The highest BCUT2D eigenvalue weighted by atomic mass is 79.9. The van der Waals surface area contributed by atoms with Crippen LogP contribution >= 0.6 is 23.1 Å². The Morgan fingerprint density at radius 3 is 2.61 bits per heavy atom. The Balaban J connectivity index is 1.50. The summed E-state index contributed by atoms with van der Waals surface area (Å²) in [5.41, 5.74) is 5.39. The molecule has 2 aromatic carbocycles. The second-order valence-electron chi connectivity index (χ2n) is 10.00. The molecule has 0 saturated heterocycles. The maximum Gasteiger partial charge on any atom is 0.229 e. The van der Waals surface area contributed by atoms with Gasteiger partial charge < -0.3 is 24.8 Å². The molecule has 11 heteroatoms. The zero-order chi connectivity index (χ0) is 27.0. The predicted octanol–water partition coefficient (Wildman–Crippen LogP) is 5.87. The number of fused-ring (bicyclic) bond motifs is 2. The van der Waals surface area contributed by atoms with Gasteiger partial charge in [-0.2, -0.15) is 4.98 Å². The number of hydrogen-bond acceptors (Lipinski definition) is 9. The van der Waals surface area contributed by atoms with E-state index in [0.717, 1.165) is 30.7 Å². The number of anilines is 4. The van der Waals surface area contributed by atoms with Crippen LogP contribution in [0.3, 0.4) is 0 Å². The van der Waals surface area contributed by atoms with E-state index in [4.69, 9.17) is 9.72 Å². The van der Waals surface area contributed by atoms with Crippen LogP contribution < -0.4 is 20.7 Å². The minimum Gasteiger partial charge on any atom is -0.495 e. The zero-order valence-electron chi connectivity index (χ0n) is 22.1. The maximum absolute atomic E-state index is 13.3. The standard InChI is InChI=1S/C27H31BrN7O2P/c1-35(2)22-8-6-7-16-13-21(23(37-3)14-17(16)22)33-27-31-15-18(28)26(34-27)32-20-10-9-19-24(30-12-11-29-19)25(20)38(4,5)36/h9-15,22H,6-8H2,1-5H3,(H2,31,32,33,34)/t22-/m1/s1. The molecule has 9 nitrogen and oxygen atoms in total. The summed E-state index contributed by atoms with van der Waals surface area (Å²) in [5, 5.41) is 7.33. The van der Waals surface area contributed by atoms with Crippen molar-refractivity contribution in [2.24, 2.45) is 0 Å². The van der Waals surface area contributed by atoms with Gasteiger partial charge in [0.1, 0.15) is 24.2 Å². The first-order chi connectivity index (χ1) is 18.2. The molecule has 2 N–H and O–H groups in total. The van der Waals surface area contributed by atoms with E-state index < -0.39 is 7.14 Å². The van der Waals surface area contributed by atoms with E-state index in [1.807, 2.05) is 12.1 Å². The van der Waals surface area contributed by atoms with Crippen LogP contribution in [0.2, 0.25) is 0 Å². The third kappa shape index (κ3) is 5.25. The van der Waals surface area contributed by atoms with Gasteiger partial charge in [0.2, 0.25) is 5.95 Å². The van der Waals surface area contributed by atoms with Gasteiger partial charge in [-0.25, -0.2) is 4.98 Å². The van der Waals surface area contributed by atoms with Crippen LogP contribution in [0.5, 0.6) is 5.75 Å².